The van der Waals surface area contributed by atoms with Crippen LogP contribution < -0.4 is 5.32 Å². The van der Waals surface area contributed by atoms with E-state index in [1.54, 1.807) is 0 Å². The van der Waals surface area contributed by atoms with E-state index < -0.39 is 0 Å². The lowest BCUT2D eigenvalue weighted by Crippen LogP contribution is -2.31. The minimum atomic E-state index is 0.674. The molecule has 1 unspecified atom stereocenters. The number of hydrogen-bond donors (Lipinski definition) is 1. The quantitative estimate of drug-likeness (QED) is 0.863. The SMILES string of the molecule is Cc1c(CNCC(C)CN2CCCC2)cc(C#N)n1C. The average molecular weight is 274 g/mol. The molecule has 4 heteroatoms. The Morgan fingerprint density at radius 1 is 1.40 bits per heavy atom. The van der Waals surface area contributed by atoms with Gasteiger partial charge in [0.25, 0.3) is 0 Å². The Bertz CT molecular complexity index is 477. The Labute approximate surface area is 122 Å². The normalized spacial score (nSPS) is 17.3. The van der Waals surface area contributed by atoms with Gasteiger partial charge in [-0.05, 0) is 56.9 Å². The highest BCUT2D eigenvalue weighted by Crippen LogP contribution is 2.13. The van der Waals surface area contributed by atoms with Crippen molar-refractivity contribution in [3.05, 3.63) is 23.0 Å². The maximum atomic E-state index is 9.03. The van der Waals surface area contributed by atoms with E-state index in [-0.39, 0.29) is 0 Å². The van der Waals surface area contributed by atoms with Gasteiger partial charge in [0.2, 0.25) is 0 Å². The number of nitrogens with zero attached hydrogens (tertiary/aromatic N) is 3. The van der Waals surface area contributed by atoms with E-state index in [4.69, 9.17) is 5.26 Å². The summed E-state index contributed by atoms with van der Waals surface area (Å²) in [6.45, 7) is 10.0. The molecule has 20 heavy (non-hydrogen) atoms. The molecule has 0 amide bonds. The summed E-state index contributed by atoms with van der Waals surface area (Å²) in [4.78, 5) is 2.56. The van der Waals surface area contributed by atoms with Gasteiger partial charge in [-0.1, -0.05) is 6.92 Å². The molecule has 0 aliphatic carbocycles. The molecule has 0 aromatic carbocycles. The summed E-state index contributed by atoms with van der Waals surface area (Å²) in [5.41, 5.74) is 3.16. The molecule has 1 aromatic rings. The van der Waals surface area contributed by atoms with Gasteiger partial charge in [-0.2, -0.15) is 5.26 Å². The van der Waals surface area contributed by atoms with Crippen molar-refractivity contribution in [2.24, 2.45) is 13.0 Å². The summed E-state index contributed by atoms with van der Waals surface area (Å²) in [6.07, 6.45) is 2.72. The summed E-state index contributed by atoms with van der Waals surface area (Å²) in [5, 5.41) is 12.6. The van der Waals surface area contributed by atoms with E-state index in [0.29, 0.717) is 5.92 Å². The van der Waals surface area contributed by atoms with Crippen molar-refractivity contribution in [1.29, 1.82) is 5.26 Å². The summed E-state index contributed by atoms with van der Waals surface area (Å²) in [5.74, 6) is 0.674. The van der Waals surface area contributed by atoms with Crippen LogP contribution in [0.1, 0.15) is 36.7 Å². The van der Waals surface area contributed by atoms with Crippen LogP contribution >= 0.6 is 0 Å². The van der Waals surface area contributed by atoms with Crippen LogP contribution in [-0.4, -0.2) is 35.6 Å². The zero-order chi connectivity index (χ0) is 14.5. The molecule has 2 heterocycles. The van der Waals surface area contributed by atoms with Crippen molar-refractivity contribution >= 4 is 0 Å². The second kappa shape index (κ2) is 6.92. The molecule has 1 saturated heterocycles. The van der Waals surface area contributed by atoms with Crippen LogP contribution in [0.15, 0.2) is 6.07 Å². The van der Waals surface area contributed by atoms with Gasteiger partial charge in [-0.15, -0.1) is 0 Å². The van der Waals surface area contributed by atoms with Crippen LogP contribution in [0.4, 0.5) is 0 Å². The van der Waals surface area contributed by atoms with Gasteiger partial charge in [0.05, 0.1) is 0 Å². The minimum Gasteiger partial charge on any atom is -0.340 e. The van der Waals surface area contributed by atoms with Crippen LogP contribution in [0.3, 0.4) is 0 Å². The first-order chi connectivity index (χ1) is 9.61. The van der Waals surface area contributed by atoms with E-state index in [9.17, 15) is 0 Å². The number of aromatic nitrogens is 1. The third-order valence-corrected chi connectivity index (χ3v) is 4.33. The van der Waals surface area contributed by atoms with Gasteiger partial charge < -0.3 is 14.8 Å². The highest BCUT2D eigenvalue weighted by Gasteiger charge is 2.14. The predicted octanol–water partition coefficient (Wildman–Crippen LogP) is 2.03. The van der Waals surface area contributed by atoms with Crippen molar-refractivity contribution in [1.82, 2.24) is 14.8 Å². The lowest BCUT2D eigenvalue weighted by molar-refractivity contribution is 0.282. The molecule has 4 nitrogen and oxygen atoms in total. The average Bonchev–Trinajstić information content (AvgIpc) is 3.02. The molecule has 2 rings (SSSR count). The zero-order valence-electron chi connectivity index (χ0n) is 12.9. The molecule has 1 aromatic heterocycles. The van der Waals surface area contributed by atoms with Gasteiger partial charge >= 0.3 is 0 Å². The fourth-order valence-corrected chi connectivity index (χ4v) is 2.97. The summed E-state index contributed by atoms with van der Waals surface area (Å²) in [6, 6.07) is 4.23. The van der Waals surface area contributed by atoms with Crippen LogP contribution in [0.2, 0.25) is 0 Å². The highest BCUT2D eigenvalue weighted by atomic mass is 15.1. The van der Waals surface area contributed by atoms with E-state index in [1.807, 2.05) is 17.7 Å². The van der Waals surface area contributed by atoms with Crippen LogP contribution in [0.25, 0.3) is 0 Å². The molecule has 1 fully saturated rings. The van der Waals surface area contributed by atoms with Crippen molar-refractivity contribution in [2.45, 2.75) is 33.2 Å². The molecule has 1 N–H and O–H groups in total. The van der Waals surface area contributed by atoms with E-state index in [1.165, 1.54) is 43.7 Å². The smallest absolute Gasteiger partial charge is 0.120 e. The first-order valence-corrected chi connectivity index (χ1v) is 7.60. The topological polar surface area (TPSA) is 44.0 Å². The van der Waals surface area contributed by atoms with E-state index in [0.717, 1.165) is 18.8 Å². The van der Waals surface area contributed by atoms with Crippen molar-refractivity contribution < 1.29 is 0 Å². The fourth-order valence-electron chi connectivity index (χ4n) is 2.97. The molecule has 110 valence electrons. The summed E-state index contributed by atoms with van der Waals surface area (Å²) >= 11 is 0. The van der Waals surface area contributed by atoms with Crippen LogP contribution in [-0.2, 0) is 13.6 Å². The Morgan fingerprint density at radius 2 is 2.10 bits per heavy atom. The number of nitrogens with one attached hydrogen (secondary N) is 1. The van der Waals surface area contributed by atoms with Crippen molar-refractivity contribution in [2.75, 3.05) is 26.2 Å². The molecule has 0 radical (unpaired) electrons. The second-order valence-electron chi connectivity index (χ2n) is 6.05. The van der Waals surface area contributed by atoms with E-state index >= 15 is 0 Å². The van der Waals surface area contributed by atoms with Crippen molar-refractivity contribution in [3.63, 3.8) is 0 Å². The lowest BCUT2D eigenvalue weighted by atomic mass is 10.1. The maximum Gasteiger partial charge on any atom is 0.120 e. The van der Waals surface area contributed by atoms with Crippen LogP contribution in [0, 0.1) is 24.2 Å². The Kier molecular flexibility index (Phi) is 5.22. The molecular formula is C16H26N4. The molecule has 1 aliphatic rings. The van der Waals surface area contributed by atoms with Crippen LogP contribution in [0.5, 0.6) is 0 Å². The predicted molar refractivity (Wildman–Crippen MR) is 81.4 cm³/mol. The first kappa shape index (κ1) is 15.1. The molecule has 1 atom stereocenters. The molecule has 1 aliphatic heterocycles. The Balaban J connectivity index is 1.76. The number of nitriles is 1. The van der Waals surface area contributed by atoms with Gasteiger partial charge in [0.1, 0.15) is 11.8 Å². The number of hydrogen-bond acceptors (Lipinski definition) is 3. The van der Waals surface area contributed by atoms with Gasteiger partial charge in [0.15, 0.2) is 0 Å². The molecular weight excluding hydrogens is 248 g/mol. The van der Waals surface area contributed by atoms with Crippen molar-refractivity contribution in [3.8, 4) is 6.07 Å². The zero-order valence-corrected chi connectivity index (χ0v) is 12.9. The number of likely N-dealkylation sites (tertiary alicyclic amines) is 1. The Morgan fingerprint density at radius 3 is 2.70 bits per heavy atom. The van der Waals surface area contributed by atoms with Gasteiger partial charge in [-0.3, -0.25) is 0 Å². The van der Waals surface area contributed by atoms with E-state index in [2.05, 4.69) is 30.1 Å². The molecule has 0 saturated carbocycles. The second-order valence-corrected chi connectivity index (χ2v) is 6.05. The summed E-state index contributed by atoms with van der Waals surface area (Å²) in [7, 11) is 1.95. The molecule has 0 bridgehead atoms. The van der Waals surface area contributed by atoms with Gasteiger partial charge in [0, 0.05) is 25.8 Å². The highest BCUT2D eigenvalue weighted by molar-refractivity contribution is 5.33. The largest absolute Gasteiger partial charge is 0.340 e. The third kappa shape index (κ3) is 3.62. The Hall–Kier alpha value is -1.31. The lowest BCUT2D eigenvalue weighted by Gasteiger charge is -2.20. The standard InChI is InChI=1S/C16H26N4/c1-13(12-20-6-4-5-7-20)10-18-11-15-8-16(9-17)19(3)14(15)2/h8,13,18H,4-7,10-12H2,1-3H3. The molecule has 0 spiro atoms. The minimum absolute atomic E-state index is 0.674. The maximum absolute atomic E-state index is 9.03. The third-order valence-electron chi connectivity index (χ3n) is 4.33. The fraction of sp³-hybridized carbons (Fsp3) is 0.688. The van der Waals surface area contributed by atoms with Gasteiger partial charge in [-0.25, -0.2) is 0 Å². The summed E-state index contributed by atoms with van der Waals surface area (Å²) < 4.78 is 1.96. The number of rotatable bonds is 6. The first-order valence-electron chi connectivity index (χ1n) is 7.60. The monoisotopic (exact) mass is 274 g/mol.